The van der Waals surface area contributed by atoms with Crippen molar-refractivity contribution in [3.8, 4) is 0 Å². The number of nitrogens with two attached hydrogens (primary N) is 2. The van der Waals surface area contributed by atoms with Gasteiger partial charge in [-0.1, -0.05) is 0 Å². The number of rotatable bonds is 2. The van der Waals surface area contributed by atoms with Crippen LogP contribution in [0, 0.1) is 0 Å². The Morgan fingerprint density at radius 3 is 1.81 bits per heavy atom. The van der Waals surface area contributed by atoms with Crippen molar-refractivity contribution in [3.63, 3.8) is 0 Å². The van der Waals surface area contributed by atoms with Crippen LogP contribution in [0.3, 0.4) is 0 Å². The summed E-state index contributed by atoms with van der Waals surface area (Å²) in [7, 11) is 0. The predicted octanol–water partition coefficient (Wildman–Crippen LogP) is -0.872. The summed E-state index contributed by atoms with van der Waals surface area (Å²) in [6, 6.07) is 0. The maximum Gasteiger partial charge on any atom is 0.408 e. The lowest BCUT2D eigenvalue weighted by Gasteiger charge is -2.43. The maximum absolute atomic E-state index is 10.7. The highest BCUT2D eigenvalue weighted by Gasteiger charge is 2.58. The minimum absolute atomic E-state index is 0.0775. The molecule has 8 nitrogen and oxygen atoms in total. The highest BCUT2D eigenvalue weighted by Crippen LogP contribution is 2.39. The van der Waals surface area contributed by atoms with Gasteiger partial charge in [0.05, 0.1) is 0 Å². The maximum atomic E-state index is 10.7. The summed E-state index contributed by atoms with van der Waals surface area (Å²) in [6.45, 7) is 0. The molecule has 92 valence electrons. The Labute approximate surface area is 91.1 Å². The normalized spacial score (nSPS) is 22.1. The van der Waals surface area contributed by atoms with E-state index in [4.69, 9.17) is 11.5 Å². The molecular formula is C8H14N2O6. The Bertz CT molecular complexity index is 287. The quantitative estimate of drug-likeness (QED) is 0.457. The summed E-state index contributed by atoms with van der Waals surface area (Å²) < 4.78 is 9.04. The molecule has 0 aliphatic heterocycles. The van der Waals surface area contributed by atoms with E-state index in [2.05, 4.69) is 9.47 Å². The summed E-state index contributed by atoms with van der Waals surface area (Å²) in [5.74, 6) is -4.71. The highest BCUT2D eigenvalue weighted by molar-refractivity contribution is 5.67. The Hall–Kier alpha value is -1.54. The number of hydrogen-bond donors (Lipinski definition) is 4. The molecule has 1 aliphatic rings. The molecular weight excluding hydrogens is 220 g/mol. The van der Waals surface area contributed by atoms with Gasteiger partial charge in [-0.05, 0) is 12.8 Å². The standard InChI is InChI=1S/C8H14N2O6/c9-5(11)15-8(16-6(10)12)4-2-1-3-7(8,13)14/h13-14H,1-4H2,(H2,9,11)(H2,10,12). The fourth-order valence-corrected chi connectivity index (χ4v) is 1.73. The molecule has 16 heavy (non-hydrogen) atoms. The van der Waals surface area contributed by atoms with Crippen molar-refractivity contribution in [2.24, 2.45) is 11.5 Å². The van der Waals surface area contributed by atoms with E-state index in [1.807, 2.05) is 0 Å². The number of ether oxygens (including phenoxy) is 2. The summed E-state index contributed by atoms with van der Waals surface area (Å²) in [4.78, 5) is 21.4. The Kier molecular flexibility index (Phi) is 3.24. The summed E-state index contributed by atoms with van der Waals surface area (Å²) in [6.07, 6.45) is -1.80. The van der Waals surface area contributed by atoms with Crippen LogP contribution in [-0.4, -0.2) is 34.0 Å². The smallest absolute Gasteiger partial charge is 0.400 e. The van der Waals surface area contributed by atoms with Gasteiger partial charge in [0, 0.05) is 12.8 Å². The lowest BCUT2D eigenvalue weighted by Crippen LogP contribution is -2.62. The molecule has 0 heterocycles. The first-order chi connectivity index (χ1) is 7.29. The first-order valence-corrected chi connectivity index (χ1v) is 4.71. The zero-order chi connectivity index (χ0) is 12.4. The molecule has 0 saturated heterocycles. The van der Waals surface area contributed by atoms with E-state index in [0.717, 1.165) is 0 Å². The summed E-state index contributed by atoms with van der Waals surface area (Å²) >= 11 is 0. The van der Waals surface area contributed by atoms with Crippen molar-refractivity contribution in [1.82, 2.24) is 0 Å². The minimum Gasteiger partial charge on any atom is -0.400 e. The average Bonchev–Trinajstić information content (AvgIpc) is 2.08. The van der Waals surface area contributed by atoms with E-state index in [1.54, 1.807) is 0 Å². The van der Waals surface area contributed by atoms with E-state index < -0.39 is 23.8 Å². The van der Waals surface area contributed by atoms with Crippen molar-refractivity contribution in [3.05, 3.63) is 0 Å². The zero-order valence-corrected chi connectivity index (χ0v) is 8.51. The van der Waals surface area contributed by atoms with E-state index >= 15 is 0 Å². The molecule has 0 bridgehead atoms. The van der Waals surface area contributed by atoms with Crippen molar-refractivity contribution in [2.45, 2.75) is 37.3 Å². The van der Waals surface area contributed by atoms with Crippen molar-refractivity contribution >= 4 is 12.2 Å². The first-order valence-electron chi connectivity index (χ1n) is 4.71. The van der Waals surface area contributed by atoms with E-state index in [9.17, 15) is 19.8 Å². The van der Waals surface area contributed by atoms with Gasteiger partial charge in [-0.25, -0.2) is 9.59 Å². The second-order valence-corrected chi connectivity index (χ2v) is 3.62. The number of carbonyl (C=O) groups excluding carboxylic acids is 2. The molecule has 0 unspecified atom stereocenters. The first kappa shape index (κ1) is 12.5. The second-order valence-electron chi connectivity index (χ2n) is 3.62. The predicted molar refractivity (Wildman–Crippen MR) is 49.7 cm³/mol. The average molecular weight is 234 g/mol. The van der Waals surface area contributed by atoms with Crippen LogP contribution in [0.5, 0.6) is 0 Å². The summed E-state index contributed by atoms with van der Waals surface area (Å²) in [5.41, 5.74) is 9.58. The third-order valence-corrected chi connectivity index (χ3v) is 2.42. The molecule has 0 spiro atoms. The van der Waals surface area contributed by atoms with Crippen LogP contribution in [0.15, 0.2) is 0 Å². The van der Waals surface area contributed by atoms with Crippen LogP contribution < -0.4 is 11.5 Å². The van der Waals surface area contributed by atoms with Gasteiger partial charge < -0.3 is 31.2 Å². The third kappa shape index (κ3) is 2.34. The number of carbonyl (C=O) groups is 2. The Morgan fingerprint density at radius 1 is 1.00 bits per heavy atom. The number of primary amides is 2. The highest BCUT2D eigenvalue weighted by atomic mass is 16.8. The van der Waals surface area contributed by atoms with Crippen LogP contribution in [0.1, 0.15) is 25.7 Å². The van der Waals surface area contributed by atoms with Crippen molar-refractivity contribution in [1.29, 1.82) is 0 Å². The molecule has 0 aromatic rings. The minimum atomic E-state index is -2.49. The van der Waals surface area contributed by atoms with Crippen LogP contribution in [0.4, 0.5) is 9.59 Å². The van der Waals surface area contributed by atoms with E-state index in [-0.39, 0.29) is 12.8 Å². The van der Waals surface area contributed by atoms with Gasteiger partial charge >= 0.3 is 18.0 Å². The molecule has 0 aromatic heterocycles. The molecule has 0 aromatic carbocycles. The van der Waals surface area contributed by atoms with Crippen LogP contribution in [-0.2, 0) is 9.47 Å². The molecule has 1 fully saturated rings. The SMILES string of the molecule is NC(=O)OC1(OC(N)=O)CCCCC1(O)O. The van der Waals surface area contributed by atoms with Crippen molar-refractivity contribution in [2.75, 3.05) is 0 Å². The Balaban J connectivity index is 2.99. The number of amides is 2. The Morgan fingerprint density at radius 2 is 1.44 bits per heavy atom. The van der Waals surface area contributed by atoms with Gasteiger partial charge in [0.25, 0.3) is 0 Å². The molecule has 1 aliphatic carbocycles. The molecule has 1 rings (SSSR count). The third-order valence-electron chi connectivity index (χ3n) is 2.42. The number of hydrogen-bond acceptors (Lipinski definition) is 6. The lowest BCUT2D eigenvalue weighted by atomic mass is 9.87. The largest absolute Gasteiger partial charge is 0.408 e. The molecule has 1 saturated carbocycles. The molecule has 0 atom stereocenters. The van der Waals surface area contributed by atoms with E-state index in [1.165, 1.54) is 0 Å². The van der Waals surface area contributed by atoms with Gasteiger partial charge in [-0.15, -0.1) is 0 Å². The summed E-state index contributed by atoms with van der Waals surface area (Å²) in [5, 5.41) is 19.3. The fraction of sp³-hybridized carbons (Fsp3) is 0.750. The molecule has 2 amide bonds. The van der Waals surface area contributed by atoms with Gasteiger partial charge in [0.15, 0.2) is 0 Å². The zero-order valence-electron chi connectivity index (χ0n) is 8.51. The van der Waals surface area contributed by atoms with Crippen LogP contribution in [0.25, 0.3) is 0 Å². The number of aliphatic hydroxyl groups is 2. The van der Waals surface area contributed by atoms with Crippen molar-refractivity contribution < 1.29 is 29.3 Å². The van der Waals surface area contributed by atoms with E-state index in [0.29, 0.717) is 12.8 Å². The van der Waals surface area contributed by atoms with Gasteiger partial charge in [-0.2, -0.15) is 0 Å². The van der Waals surface area contributed by atoms with Crippen LogP contribution in [0.2, 0.25) is 0 Å². The monoisotopic (exact) mass is 234 g/mol. The molecule has 8 heteroatoms. The van der Waals surface area contributed by atoms with Gasteiger partial charge in [-0.3, -0.25) is 0 Å². The topological polar surface area (TPSA) is 145 Å². The fourth-order valence-electron chi connectivity index (χ4n) is 1.73. The second kappa shape index (κ2) is 4.14. The molecule has 0 radical (unpaired) electrons. The van der Waals surface area contributed by atoms with Gasteiger partial charge in [0.2, 0.25) is 5.79 Å². The van der Waals surface area contributed by atoms with Crippen LogP contribution >= 0.6 is 0 Å². The molecule has 6 N–H and O–H groups in total. The lowest BCUT2D eigenvalue weighted by molar-refractivity contribution is -0.362. The van der Waals surface area contributed by atoms with Gasteiger partial charge in [0.1, 0.15) is 0 Å².